The van der Waals surface area contributed by atoms with Crippen LogP contribution in [0.2, 0.25) is 0 Å². The summed E-state index contributed by atoms with van der Waals surface area (Å²) in [4.78, 5) is 18.9. The standard InChI is InChI=1S/C15H20N6O3/c1-15(2,3)20-19-14-12(21(22)23)13(16-9-17-14)18-10-6-5-7-11(8-10)24-4/h5-9,20H,1-4H3,(H2,16,17,18,19). The van der Waals surface area contributed by atoms with Gasteiger partial charge in [-0.25, -0.2) is 15.4 Å². The van der Waals surface area contributed by atoms with E-state index < -0.39 is 4.92 Å². The van der Waals surface area contributed by atoms with Gasteiger partial charge in [0.05, 0.1) is 12.0 Å². The molecule has 0 bridgehead atoms. The van der Waals surface area contributed by atoms with Gasteiger partial charge in [0.1, 0.15) is 12.1 Å². The number of hydrogen-bond acceptors (Lipinski definition) is 8. The molecule has 0 atom stereocenters. The lowest BCUT2D eigenvalue weighted by molar-refractivity contribution is -0.383. The Morgan fingerprint density at radius 2 is 1.92 bits per heavy atom. The van der Waals surface area contributed by atoms with Crippen molar-refractivity contribution in [3.8, 4) is 5.75 Å². The molecule has 1 heterocycles. The van der Waals surface area contributed by atoms with E-state index in [0.29, 0.717) is 11.4 Å². The summed E-state index contributed by atoms with van der Waals surface area (Å²) >= 11 is 0. The van der Waals surface area contributed by atoms with E-state index in [1.165, 1.54) is 6.33 Å². The molecule has 0 saturated carbocycles. The van der Waals surface area contributed by atoms with Crippen LogP contribution in [0, 0.1) is 10.1 Å². The van der Waals surface area contributed by atoms with Crippen molar-refractivity contribution < 1.29 is 9.66 Å². The van der Waals surface area contributed by atoms with E-state index in [1.54, 1.807) is 31.4 Å². The van der Waals surface area contributed by atoms with Gasteiger partial charge in [-0.3, -0.25) is 15.5 Å². The van der Waals surface area contributed by atoms with E-state index in [4.69, 9.17) is 4.74 Å². The van der Waals surface area contributed by atoms with Crippen LogP contribution in [0.25, 0.3) is 0 Å². The van der Waals surface area contributed by atoms with Gasteiger partial charge in [-0.1, -0.05) is 6.07 Å². The summed E-state index contributed by atoms with van der Waals surface area (Å²) in [5.74, 6) is 0.793. The molecule has 0 saturated heterocycles. The summed E-state index contributed by atoms with van der Waals surface area (Å²) in [6.45, 7) is 5.76. The lowest BCUT2D eigenvalue weighted by atomic mass is 10.1. The largest absolute Gasteiger partial charge is 0.497 e. The zero-order valence-corrected chi connectivity index (χ0v) is 14.0. The molecule has 0 aliphatic rings. The average Bonchev–Trinajstić information content (AvgIpc) is 2.52. The minimum atomic E-state index is -0.533. The number of hydrazine groups is 1. The second-order valence-corrected chi connectivity index (χ2v) is 6.03. The molecule has 0 unspecified atom stereocenters. The third-order valence-electron chi connectivity index (χ3n) is 2.89. The van der Waals surface area contributed by atoms with Crippen LogP contribution in [-0.2, 0) is 0 Å². The Labute approximate surface area is 139 Å². The molecule has 0 spiro atoms. The quantitative estimate of drug-likeness (QED) is 0.546. The van der Waals surface area contributed by atoms with Crippen LogP contribution < -0.4 is 20.9 Å². The van der Waals surface area contributed by atoms with Crippen LogP contribution in [0.4, 0.5) is 23.0 Å². The number of hydrogen-bond donors (Lipinski definition) is 3. The molecule has 128 valence electrons. The van der Waals surface area contributed by atoms with E-state index >= 15 is 0 Å². The fourth-order valence-electron chi connectivity index (χ4n) is 1.82. The smallest absolute Gasteiger partial charge is 0.354 e. The second kappa shape index (κ2) is 7.09. The van der Waals surface area contributed by atoms with Crippen molar-refractivity contribution in [2.75, 3.05) is 17.9 Å². The summed E-state index contributed by atoms with van der Waals surface area (Å²) in [6.07, 6.45) is 1.25. The first-order chi connectivity index (χ1) is 11.3. The van der Waals surface area contributed by atoms with Gasteiger partial charge >= 0.3 is 5.69 Å². The Kier molecular flexibility index (Phi) is 5.14. The van der Waals surface area contributed by atoms with Gasteiger partial charge in [0, 0.05) is 17.3 Å². The molecule has 9 nitrogen and oxygen atoms in total. The van der Waals surface area contributed by atoms with Crippen molar-refractivity contribution in [2.24, 2.45) is 0 Å². The van der Waals surface area contributed by atoms with Crippen molar-refractivity contribution in [1.82, 2.24) is 15.4 Å². The Hall–Kier alpha value is -2.94. The lowest BCUT2D eigenvalue weighted by Crippen LogP contribution is -2.40. The van der Waals surface area contributed by atoms with Gasteiger partial charge in [-0.15, -0.1) is 0 Å². The molecular weight excluding hydrogens is 312 g/mol. The highest BCUT2D eigenvalue weighted by Crippen LogP contribution is 2.31. The Morgan fingerprint density at radius 3 is 2.54 bits per heavy atom. The van der Waals surface area contributed by atoms with Gasteiger partial charge in [0.2, 0.25) is 11.6 Å². The molecule has 2 rings (SSSR count). The number of aromatic nitrogens is 2. The van der Waals surface area contributed by atoms with Gasteiger partial charge < -0.3 is 10.1 Å². The summed E-state index contributed by atoms with van der Waals surface area (Å²) in [5, 5.41) is 14.4. The normalized spacial score (nSPS) is 11.0. The third-order valence-corrected chi connectivity index (χ3v) is 2.89. The summed E-state index contributed by atoms with van der Waals surface area (Å²) in [7, 11) is 1.55. The number of nitrogens with zero attached hydrogens (tertiary/aromatic N) is 3. The predicted molar refractivity (Wildman–Crippen MR) is 91.5 cm³/mol. The zero-order valence-electron chi connectivity index (χ0n) is 14.0. The van der Waals surface area contributed by atoms with E-state index in [1.807, 2.05) is 20.8 Å². The number of rotatable bonds is 6. The van der Waals surface area contributed by atoms with Crippen LogP contribution in [0.15, 0.2) is 30.6 Å². The number of methoxy groups -OCH3 is 1. The van der Waals surface area contributed by atoms with Crippen LogP contribution in [0.5, 0.6) is 5.75 Å². The van der Waals surface area contributed by atoms with Crippen molar-refractivity contribution in [2.45, 2.75) is 26.3 Å². The van der Waals surface area contributed by atoms with Crippen LogP contribution in [0.3, 0.4) is 0 Å². The number of anilines is 3. The first kappa shape index (κ1) is 17.4. The molecule has 9 heteroatoms. The van der Waals surface area contributed by atoms with E-state index in [0.717, 1.165) is 0 Å². The molecule has 24 heavy (non-hydrogen) atoms. The maximum absolute atomic E-state index is 11.5. The summed E-state index contributed by atoms with van der Waals surface area (Å²) < 4.78 is 5.14. The van der Waals surface area contributed by atoms with Crippen LogP contribution in [-0.4, -0.2) is 27.5 Å². The third kappa shape index (κ3) is 4.53. The Bertz CT molecular complexity index is 729. The molecule has 3 N–H and O–H groups in total. The van der Waals surface area contributed by atoms with Crippen molar-refractivity contribution >= 4 is 23.0 Å². The minimum Gasteiger partial charge on any atom is -0.497 e. The lowest BCUT2D eigenvalue weighted by Gasteiger charge is -2.21. The fraction of sp³-hybridized carbons (Fsp3) is 0.333. The predicted octanol–water partition coefficient (Wildman–Crippen LogP) is 2.85. The highest BCUT2D eigenvalue weighted by molar-refractivity contribution is 5.73. The number of benzene rings is 1. The Morgan fingerprint density at radius 1 is 1.21 bits per heavy atom. The summed E-state index contributed by atoms with van der Waals surface area (Å²) in [5.41, 5.74) is 5.80. The van der Waals surface area contributed by atoms with Gasteiger partial charge in [-0.05, 0) is 32.9 Å². The molecular formula is C15H20N6O3. The number of nitro groups is 1. The fourth-order valence-corrected chi connectivity index (χ4v) is 1.82. The molecule has 0 radical (unpaired) electrons. The Balaban J connectivity index is 2.33. The SMILES string of the molecule is COc1cccc(Nc2ncnc(NNC(C)(C)C)c2[N+](=O)[O-])c1. The monoisotopic (exact) mass is 332 g/mol. The molecule has 0 amide bonds. The first-order valence-electron chi connectivity index (χ1n) is 7.24. The highest BCUT2D eigenvalue weighted by atomic mass is 16.6. The van der Waals surface area contributed by atoms with Crippen LogP contribution in [0.1, 0.15) is 20.8 Å². The zero-order chi connectivity index (χ0) is 17.7. The van der Waals surface area contributed by atoms with Crippen LogP contribution >= 0.6 is 0 Å². The molecule has 0 aliphatic heterocycles. The average molecular weight is 332 g/mol. The van der Waals surface area contributed by atoms with Gasteiger partial charge in [0.25, 0.3) is 0 Å². The van der Waals surface area contributed by atoms with E-state index in [2.05, 4.69) is 26.1 Å². The van der Waals surface area contributed by atoms with Crippen molar-refractivity contribution in [3.63, 3.8) is 0 Å². The topological polar surface area (TPSA) is 114 Å². The molecule has 0 fully saturated rings. The van der Waals surface area contributed by atoms with Crippen molar-refractivity contribution in [1.29, 1.82) is 0 Å². The molecule has 0 aliphatic carbocycles. The van der Waals surface area contributed by atoms with Gasteiger partial charge in [-0.2, -0.15) is 0 Å². The maximum atomic E-state index is 11.5. The number of nitrogens with one attached hydrogen (secondary N) is 3. The molecule has 1 aromatic carbocycles. The minimum absolute atomic E-state index is 0.0790. The van der Waals surface area contributed by atoms with E-state index in [9.17, 15) is 10.1 Å². The number of ether oxygens (including phenoxy) is 1. The van der Waals surface area contributed by atoms with Crippen molar-refractivity contribution in [3.05, 3.63) is 40.7 Å². The first-order valence-corrected chi connectivity index (χ1v) is 7.24. The molecule has 2 aromatic rings. The van der Waals surface area contributed by atoms with Gasteiger partial charge in [0.15, 0.2) is 0 Å². The maximum Gasteiger partial charge on any atom is 0.354 e. The molecule has 1 aromatic heterocycles. The highest BCUT2D eigenvalue weighted by Gasteiger charge is 2.24. The van der Waals surface area contributed by atoms with E-state index in [-0.39, 0.29) is 22.9 Å². The second-order valence-electron chi connectivity index (χ2n) is 6.03. The summed E-state index contributed by atoms with van der Waals surface area (Å²) in [6, 6.07) is 7.02.